The molecule has 0 radical (unpaired) electrons. The Bertz CT molecular complexity index is 601. The first-order valence-corrected chi connectivity index (χ1v) is 6.46. The Balaban J connectivity index is 1.81. The van der Waals surface area contributed by atoms with E-state index in [0.29, 0.717) is 18.6 Å². The molecule has 96 valence electrons. The maximum atomic E-state index is 12.1. The normalized spacial score (nSPS) is 15.5. The van der Waals surface area contributed by atoms with Crippen molar-refractivity contribution in [3.05, 3.63) is 40.8 Å². The highest BCUT2D eigenvalue weighted by Gasteiger charge is 2.25. The molecule has 2 heterocycles. The van der Waals surface area contributed by atoms with Crippen LogP contribution in [0.15, 0.2) is 29.5 Å². The van der Waals surface area contributed by atoms with E-state index in [-0.39, 0.29) is 5.69 Å². The lowest BCUT2D eigenvalue weighted by Crippen LogP contribution is -2.24. The second-order valence-corrected chi connectivity index (χ2v) is 5.23. The number of imidazole rings is 1. The zero-order chi connectivity index (χ0) is 12.7. The predicted octanol–water partition coefficient (Wildman–Crippen LogP) is 1.81. The molecule has 1 fully saturated rings. The second-order valence-electron chi connectivity index (χ2n) is 5.23. The Hall–Kier alpha value is -1.78. The first kappa shape index (κ1) is 11.3. The van der Waals surface area contributed by atoms with Crippen LogP contribution < -0.4 is 5.69 Å². The van der Waals surface area contributed by atoms with Crippen LogP contribution in [0.4, 0.5) is 0 Å². The first-order chi connectivity index (χ1) is 8.65. The van der Waals surface area contributed by atoms with Gasteiger partial charge in [0.15, 0.2) is 0 Å². The van der Waals surface area contributed by atoms with Crippen LogP contribution in [0.2, 0.25) is 0 Å². The lowest BCUT2D eigenvalue weighted by Gasteiger charge is -2.04. The van der Waals surface area contributed by atoms with E-state index in [2.05, 4.69) is 18.9 Å². The highest BCUT2D eigenvalue weighted by molar-refractivity contribution is 5.02. The minimum Gasteiger partial charge on any atom is -0.296 e. The monoisotopic (exact) mass is 246 g/mol. The topological polar surface area (TPSA) is 44.8 Å². The van der Waals surface area contributed by atoms with Crippen LogP contribution >= 0.6 is 0 Å². The van der Waals surface area contributed by atoms with Crippen molar-refractivity contribution in [3.63, 3.8) is 0 Å². The predicted molar refractivity (Wildman–Crippen MR) is 68.7 cm³/mol. The average molecular weight is 246 g/mol. The second kappa shape index (κ2) is 4.15. The zero-order valence-corrected chi connectivity index (χ0v) is 10.8. The van der Waals surface area contributed by atoms with Gasteiger partial charge in [0.05, 0.1) is 12.2 Å². The van der Waals surface area contributed by atoms with Crippen molar-refractivity contribution >= 4 is 0 Å². The summed E-state index contributed by atoms with van der Waals surface area (Å²) in [7, 11) is 0. The summed E-state index contributed by atoms with van der Waals surface area (Å²) in [6.45, 7) is 4.73. The quantitative estimate of drug-likeness (QED) is 0.826. The summed E-state index contributed by atoms with van der Waals surface area (Å²) in [5.74, 6) is 0. The van der Waals surface area contributed by atoms with Gasteiger partial charge in [-0.15, -0.1) is 0 Å². The molecule has 0 saturated heterocycles. The molecule has 2 aromatic heterocycles. The van der Waals surface area contributed by atoms with Crippen molar-refractivity contribution in [3.8, 4) is 0 Å². The molecule has 3 rings (SSSR count). The smallest absolute Gasteiger partial charge is 0.296 e. The average Bonchev–Trinajstić information content (AvgIpc) is 2.95. The largest absolute Gasteiger partial charge is 0.328 e. The van der Waals surface area contributed by atoms with Crippen molar-refractivity contribution < 1.29 is 0 Å². The van der Waals surface area contributed by atoms with Gasteiger partial charge in [0, 0.05) is 30.7 Å². The van der Waals surface area contributed by atoms with Gasteiger partial charge < -0.3 is 0 Å². The van der Waals surface area contributed by atoms with Crippen LogP contribution in [0.5, 0.6) is 0 Å². The minimum absolute atomic E-state index is 0.0802. The first-order valence-electron chi connectivity index (χ1n) is 6.46. The van der Waals surface area contributed by atoms with Gasteiger partial charge in [0.25, 0.3) is 0 Å². The molecule has 5 heteroatoms. The van der Waals surface area contributed by atoms with E-state index in [1.54, 1.807) is 4.57 Å². The standard InChI is InChI=1S/C13H18N4O/c1-10(2)17-6-5-11(14-17)9-15-7-8-16(13(15)18)12-3-4-12/h5-8,10,12H,3-4,9H2,1-2H3. The maximum Gasteiger partial charge on any atom is 0.328 e. The molecule has 0 aromatic carbocycles. The van der Waals surface area contributed by atoms with Crippen molar-refractivity contribution in [2.75, 3.05) is 0 Å². The minimum atomic E-state index is 0.0802. The van der Waals surface area contributed by atoms with E-state index < -0.39 is 0 Å². The molecule has 18 heavy (non-hydrogen) atoms. The van der Waals surface area contributed by atoms with Crippen molar-refractivity contribution in [1.29, 1.82) is 0 Å². The molecule has 0 amide bonds. The Labute approximate surface area is 106 Å². The van der Waals surface area contributed by atoms with Gasteiger partial charge in [0.1, 0.15) is 0 Å². The van der Waals surface area contributed by atoms with Crippen LogP contribution in [-0.2, 0) is 6.54 Å². The van der Waals surface area contributed by atoms with Crippen LogP contribution in [-0.4, -0.2) is 18.9 Å². The van der Waals surface area contributed by atoms with Crippen molar-refractivity contribution in [2.45, 2.75) is 45.3 Å². The molecule has 0 N–H and O–H groups in total. The highest BCUT2D eigenvalue weighted by Crippen LogP contribution is 2.33. The molecule has 1 aliphatic rings. The van der Waals surface area contributed by atoms with Gasteiger partial charge in [-0.1, -0.05) is 0 Å². The third kappa shape index (κ3) is 2.00. The van der Waals surface area contributed by atoms with E-state index in [0.717, 1.165) is 18.5 Å². The van der Waals surface area contributed by atoms with E-state index >= 15 is 0 Å². The van der Waals surface area contributed by atoms with E-state index in [9.17, 15) is 4.79 Å². The number of aromatic nitrogens is 4. The maximum absolute atomic E-state index is 12.1. The Morgan fingerprint density at radius 3 is 2.72 bits per heavy atom. The molecule has 0 bridgehead atoms. The van der Waals surface area contributed by atoms with Crippen LogP contribution in [0, 0.1) is 0 Å². The molecule has 0 aliphatic heterocycles. The fourth-order valence-corrected chi connectivity index (χ4v) is 2.10. The van der Waals surface area contributed by atoms with Crippen molar-refractivity contribution in [1.82, 2.24) is 18.9 Å². The number of nitrogens with zero attached hydrogens (tertiary/aromatic N) is 4. The van der Waals surface area contributed by atoms with E-state index in [4.69, 9.17) is 0 Å². The summed E-state index contributed by atoms with van der Waals surface area (Å²) in [6.07, 6.45) is 7.97. The molecule has 2 aromatic rings. The zero-order valence-electron chi connectivity index (χ0n) is 10.8. The lowest BCUT2D eigenvalue weighted by atomic mass is 10.4. The molecule has 1 aliphatic carbocycles. The van der Waals surface area contributed by atoms with E-state index in [1.807, 2.05) is 33.9 Å². The molecule has 1 saturated carbocycles. The Kier molecular flexibility index (Phi) is 2.61. The van der Waals surface area contributed by atoms with Gasteiger partial charge in [-0.3, -0.25) is 13.8 Å². The van der Waals surface area contributed by atoms with E-state index in [1.165, 1.54) is 0 Å². The van der Waals surface area contributed by atoms with Gasteiger partial charge in [-0.2, -0.15) is 5.10 Å². The molecule has 0 atom stereocenters. The fraction of sp³-hybridized carbons (Fsp3) is 0.538. The van der Waals surface area contributed by atoms with Gasteiger partial charge in [0.2, 0.25) is 0 Å². The summed E-state index contributed by atoms with van der Waals surface area (Å²) >= 11 is 0. The Morgan fingerprint density at radius 2 is 2.11 bits per heavy atom. The summed E-state index contributed by atoms with van der Waals surface area (Å²) in [4.78, 5) is 12.1. The van der Waals surface area contributed by atoms with Crippen LogP contribution in [0.1, 0.15) is 44.5 Å². The number of hydrogen-bond donors (Lipinski definition) is 0. The summed E-state index contributed by atoms with van der Waals surface area (Å²) < 4.78 is 5.48. The van der Waals surface area contributed by atoms with Crippen LogP contribution in [0.25, 0.3) is 0 Å². The Morgan fingerprint density at radius 1 is 1.33 bits per heavy atom. The number of rotatable bonds is 4. The summed E-state index contributed by atoms with van der Waals surface area (Å²) in [5, 5.41) is 4.46. The summed E-state index contributed by atoms with van der Waals surface area (Å²) in [6, 6.07) is 2.76. The SMILES string of the molecule is CC(C)n1ccc(Cn2ccn(C3CC3)c2=O)n1. The summed E-state index contributed by atoms with van der Waals surface area (Å²) in [5.41, 5.74) is 1.01. The molecule has 0 spiro atoms. The van der Waals surface area contributed by atoms with Gasteiger partial charge >= 0.3 is 5.69 Å². The fourth-order valence-electron chi connectivity index (χ4n) is 2.10. The lowest BCUT2D eigenvalue weighted by molar-refractivity contribution is 0.522. The highest BCUT2D eigenvalue weighted by atomic mass is 16.1. The third-order valence-corrected chi connectivity index (χ3v) is 3.34. The number of hydrogen-bond acceptors (Lipinski definition) is 2. The molecule has 0 unspecified atom stereocenters. The molecule has 5 nitrogen and oxygen atoms in total. The van der Waals surface area contributed by atoms with Crippen LogP contribution in [0.3, 0.4) is 0 Å². The third-order valence-electron chi connectivity index (χ3n) is 3.34. The molecular weight excluding hydrogens is 228 g/mol. The van der Waals surface area contributed by atoms with Gasteiger partial charge in [-0.25, -0.2) is 4.79 Å². The molecular formula is C13H18N4O. The van der Waals surface area contributed by atoms with Gasteiger partial charge in [-0.05, 0) is 32.8 Å². The van der Waals surface area contributed by atoms with Crippen molar-refractivity contribution in [2.24, 2.45) is 0 Å².